The van der Waals surface area contributed by atoms with Gasteiger partial charge in [0.1, 0.15) is 0 Å². The smallest absolute Gasteiger partial charge is 0.0713 e. The van der Waals surface area contributed by atoms with Crippen molar-refractivity contribution in [3.8, 4) is 0 Å². The molecule has 0 radical (unpaired) electrons. The van der Waals surface area contributed by atoms with Gasteiger partial charge in [-0.1, -0.05) is 13.8 Å². The highest BCUT2D eigenvalue weighted by atomic mass is 32.2. The summed E-state index contributed by atoms with van der Waals surface area (Å²) in [4.78, 5) is 0. The molecule has 1 spiro atoms. The summed E-state index contributed by atoms with van der Waals surface area (Å²) in [6.07, 6.45) is 5.95. The molecule has 0 aromatic heterocycles. The normalized spacial score (nSPS) is 26.9. The molecule has 2 aliphatic rings. The molecule has 20 heavy (non-hydrogen) atoms. The van der Waals surface area contributed by atoms with E-state index < -0.39 is 0 Å². The first kappa shape index (κ1) is 16.6. The van der Waals surface area contributed by atoms with Gasteiger partial charge in [-0.25, -0.2) is 0 Å². The largest absolute Gasteiger partial charge is 0.385 e. The van der Waals surface area contributed by atoms with Crippen LogP contribution in [-0.2, 0) is 9.47 Å². The molecule has 3 nitrogen and oxygen atoms in total. The standard InChI is InChI=1S/C16H31NO2S/c1-15(2,5-9-18-3)13-17-14-4-8-19-16(12-14)6-10-20-11-7-16/h14,17H,4-13H2,1-3H3. The second kappa shape index (κ2) is 7.48. The van der Waals surface area contributed by atoms with E-state index in [0.717, 1.165) is 32.6 Å². The number of hydrogen-bond donors (Lipinski definition) is 1. The fraction of sp³-hybridized carbons (Fsp3) is 1.00. The second-order valence-corrected chi connectivity index (χ2v) is 8.35. The van der Waals surface area contributed by atoms with Gasteiger partial charge in [-0.15, -0.1) is 0 Å². The quantitative estimate of drug-likeness (QED) is 0.817. The third-order valence-electron chi connectivity index (χ3n) is 4.75. The van der Waals surface area contributed by atoms with Crippen LogP contribution in [0, 0.1) is 5.41 Å². The molecule has 1 unspecified atom stereocenters. The summed E-state index contributed by atoms with van der Waals surface area (Å²) in [7, 11) is 1.78. The minimum absolute atomic E-state index is 0.192. The van der Waals surface area contributed by atoms with Crippen LogP contribution in [0.2, 0.25) is 0 Å². The van der Waals surface area contributed by atoms with Gasteiger partial charge >= 0.3 is 0 Å². The Labute approximate surface area is 128 Å². The lowest BCUT2D eigenvalue weighted by Gasteiger charge is -2.44. The summed E-state index contributed by atoms with van der Waals surface area (Å²) in [6, 6.07) is 0.633. The molecule has 4 heteroatoms. The Morgan fingerprint density at radius 3 is 2.80 bits per heavy atom. The van der Waals surface area contributed by atoms with E-state index in [1.807, 2.05) is 0 Å². The van der Waals surface area contributed by atoms with Crippen molar-refractivity contribution in [2.45, 2.75) is 57.6 Å². The number of rotatable bonds is 6. The minimum Gasteiger partial charge on any atom is -0.385 e. The van der Waals surface area contributed by atoms with Crippen molar-refractivity contribution in [3.63, 3.8) is 0 Å². The Morgan fingerprint density at radius 1 is 1.35 bits per heavy atom. The van der Waals surface area contributed by atoms with Gasteiger partial charge in [0.15, 0.2) is 0 Å². The van der Waals surface area contributed by atoms with Crippen molar-refractivity contribution in [3.05, 3.63) is 0 Å². The van der Waals surface area contributed by atoms with Crippen LogP contribution >= 0.6 is 11.8 Å². The van der Waals surface area contributed by atoms with E-state index in [9.17, 15) is 0 Å². The lowest BCUT2D eigenvalue weighted by atomic mass is 9.84. The molecule has 0 aliphatic carbocycles. The number of methoxy groups -OCH3 is 1. The summed E-state index contributed by atoms with van der Waals surface area (Å²) in [5, 5.41) is 3.80. The van der Waals surface area contributed by atoms with Crippen LogP contribution < -0.4 is 5.32 Å². The van der Waals surface area contributed by atoms with E-state index in [1.54, 1.807) is 7.11 Å². The molecule has 2 rings (SSSR count). The van der Waals surface area contributed by atoms with Crippen molar-refractivity contribution in [1.82, 2.24) is 5.32 Å². The molecule has 0 saturated carbocycles. The SMILES string of the molecule is COCCC(C)(C)CNC1CCOC2(CCSCC2)C1. The van der Waals surface area contributed by atoms with E-state index in [2.05, 4.69) is 30.9 Å². The number of thioether (sulfide) groups is 1. The van der Waals surface area contributed by atoms with Crippen LogP contribution in [0.3, 0.4) is 0 Å². The van der Waals surface area contributed by atoms with Gasteiger partial charge in [0, 0.05) is 32.9 Å². The van der Waals surface area contributed by atoms with Gasteiger partial charge in [0.2, 0.25) is 0 Å². The van der Waals surface area contributed by atoms with E-state index in [-0.39, 0.29) is 5.60 Å². The monoisotopic (exact) mass is 301 g/mol. The third-order valence-corrected chi connectivity index (χ3v) is 5.73. The highest BCUT2D eigenvalue weighted by Crippen LogP contribution is 2.37. The first-order chi connectivity index (χ1) is 9.55. The number of hydrogen-bond acceptors (Lipinski definition) is 4. The van der Waals surface area contributed by atoms with Gasteiger partial charge < -0.3 is 14.8 Å². The topological polar surface area (TPSA) is 30.5 Å². The average Bonchev–Trinajstić information content (AvgIpc) is 2.44. The first-order valence-electron chi connectivity index (χ1n) is 7.99. The first-order valence-corrected chi connectivity index (χ1v) is 9.15. The molecular weight excluding hydrogens is 270 g/mol. The maximum absolute atomic E-state index is 6.16. The van der Waals surface area contributed by atoms with Crippen LogP contribution in [-0.4, -0.2) is 50.0 Å². The van der Waals surface area contributed by atoms with Crippen LogP contribution in [0.4, 0.5) is 0 Å². The van der Waals surface area contributed by atoms with E-state index in [0.29, 0.717) is 11.5 Å². The number of nitrogens with one attached hydrogen (secondary N) is 1. The van der Waals surface area contributed by atoms with Crippen molar-refractivity contribution in [2.75, 3.05) is 38.4 Å². The van der Waals surface area contributed by atoms with Crippen LogP contribution in [0.15, 0.2) is 0 Å². The lowest BCUT2D eigenvalue weighted by molar-refractivity contribution is -0.0939. The summed E-state index contributed by atoms with van der Waals surface area (Å²) >= 11 is 2.08. The maximum Gasteiger partial charge on any atom is 0.0713 e. The third kappa shape index (κ3) is 4.90. The summed E-state index contributed by atoms with van der Waals surface area (Å²) < 4.78 is 11.4. The fourth-order valence-corrected chi connectivity index (χ4v) is 4.42. The Morgan fingerprint density at radius 2 is 2.10 bits per heavy atom. The zero-order valence-electron chi connectivity index (χ0n) is 13.4. The predicted octanol–water partition coefficient (Wildman–Crippen LogP) is 3.08. The minimum atomic E-state index is 0.192. The molecule has 0 amide bonds. The highest BCUT2D eigenvalue weighted by molar-refractivity contribution is 7.99. The highest BCUT2D eigenvalue weighted by Gasteiger charge is 2.38. The summed E-state index contributed by atoms with van der Waals surface area (Å²) in [5.74, 6) is 2.54. The van der Waals surface area contributed by atoms with Crippen molar-refractivity contribution in [1.29, 1.82) is 0 Å². The van der Waals surface area contributed by atoms with Crippen molar-refractivity contribution in [2.24, 2.45) is 5.41 Å². The van der Waals surface area contributed by atoms with Crippen LogP contribution in [0.25, 0.3) is 0 Å². The van der Waals surface area contributed by atoms with Gasteiger partial charge in [-0.2, -0.15) is 11.8 Å². The van der Waals surface area contributed by atoms with Crippen molar-refractivity contribution >= 4 is 11.8 Å². The van der Waals surface area contributed by atoms with Crippen LogP contribution in [0.1, 0.15) is 46.0 Å². The molecule has 118 valence electrons. The zero-order valence-corrected chi connectivity index (χ0v) is 14.2. The second-order valence-electron chi connectivity index (χ2n) is 7.12. The molecule has 2 saturated heterocycles. The van der Waals surface area contributed by atoms with Crippen molar-refractivity contribution < 1.29 is 9.47 Å². The van der Waals surface area contributed by atoms with Crippen LogP contribution in [0.5, 0.6) is 0 Å². The van der Waals surface area contributed by atoms with E-state index in [4.69, 9.17) is 9.47 Å². The van der Waals surface area contributed by atoms with Gasteiger partial charge in [-0.05, 0) is 49.0 Å². The van der Waals surface area contributed by atoms with Gasteiger partial charge in [-0.3, -0.25) is 0 Å². The molecule has 0 aromatic carbocycles. The van der Waals surface area contributed by atoms with Gasteiger partial charge in [0.05, 0.1) is 5.60 Å². The fourth-order valence-electron chi connectivity index (χ4n) is 3.18. The van der Waals surface area contributed by atoms with E-state index >= 15 is 0 Å². The Kier molecular flexibility index (Phi) is 6.21. The molecule has 2 heterocycles. The zero-order chi connectivity index (χ0) is 14.5. The average molecular weight is 301 g/mol. The molecule has 2 aliphatic heterocycles. The Hall–Kier alpha value is 0.230. The predicted molar refractivity (Wildman–Crippen MR) is 86.5 cm³/mol. The summed E-state index contributed by atoms with van der Waals surface area (Å²) in [6.45, 7) is 7.51. The maximum atomic E-state index is 6.16. The lowest BCUT2D eigenvalue weighted by Crippen LogP contribution is -2.50. The Bertz CT molecular complexity index is 285. The van der Waals surface area contributed by atoms with E-state index in [1.165, 1.54) is 30.8 Å². The Balaban J connectivity index is 1.78. The molecule has 1 atom stereocenters. The number of ether oxygens (including phenoxy) is 2. The van der Waals surface area contributed by atoms with Gasteiger partial charge in [0.25, 0.3) is 0 Å². The molecular formula is C16H31NO2S. The molecule has 0 bridgehead atoms. The molecule has 2 fully saturated rings. The molecule has 1 N–H and O–H groups in total. The molecule has 0 aromatic rings. The summed E-state index contributed by atoms with van der Waals surface area (Å²) in [5.41, 5.74) is 0.502.